The molecule has 1 N–H and O–H groups in total. The predicted molar refractivity (Wildman–Crippen MR) is 91.8 cm³/mol. The fourth-order valence-electron chi connectivity index (χ4n) is 2.35. The van der Waals surface area contributed by atoms with Crippen LogP contribution in [0.25, 0.3) is 6.08 Å². The molecule has 23 heavy (non-hydrogen) atoms. The lowest BCUT2D eigenvalue weighted by atomic mass is 10.00. The molecule has 2 aromatic rings. The summed E-state index contributed by atoms with van der Waals surface area (Å²) in [6, 6.07) is 17.3. The van der Waals surface area contributed by atoms with Gasteiger partial charge >= 0.3 is 0 Å². The van der Waals surface area contributed by atoms with Crippen molar-refractivity contribution in [1.82, 2.24) is 0 Å². The third-order valence-electron chi connectivity index (χ3n) is 3.39. The maximum atomic E-state index is 11.0. The lowest BCUT2D eigenvalue weighted by molar-refractivity contribution is 0.0315. The third-order valence-corrected chi connectivity index (χ3v) is 4.28. The Morgan fingerprint density at radius 2 is 1.65 bits per heavy atom. The molecule has 0 heterocycles. The van der Waals surface area contributed by atoms with Crippen LogP contribution in [0.15, 0.2) is 61.2 Å². The molecule has 0 aromatic heterocycles. The smallest absolute Gasteiger partial charge is 0.267 e. The van der Waals surface area contributed by atoms with Crippen LogP contribution in [-0.4, -0.2) is 24.8 Å². The maximum absolute atomic E-state index is 11.0. The Bertz CT molecular complexity index is 736. The molecule has 0 saturated carbocycles. The summed E-state index contributed by atoms with van der Waals surface area (Å²) in [6.07, 6.45) is 0.699. The van der Waals surface area contributed by atoms with Gasteiger partial charge in [-0.05, 0) is 23.6 Å². The summed E-state index contributed by atoms with van der Waals surface area (Å²) >= 11 is 0. The average Bonchev–Trinajstić information content (AvgIpc) is 2.52. The lowest BCUT2D eigenvalue weighted by Crippen LogP contribution is -2.23. The molecule has 0 aliphatic carbocycles. The zero-order chi connectivity index (χ0) is 16.9. The van der Waals surface area contributed by atoms with Gasteiger partial charge in [0, 0.05) is 0 Å². The van der Waals surface area contributed by atoms with E-state index in [-0.39, 0.29) is 0 Å². The van der Waals surface area contributed by atoms with Crippen molar-refractivity contribution < 1.29 is 17.7 Å². The number of rotatable bonds is 7. The highest BCUT2D eigenvalue weighted by Gasteiger charge is 2.21. The summed E-state index contributed by atoms with van der Waals surface area (Å²) in [5.74, 6) is -0.443. The first kappa shape index (κ1) is 17.4. The molecule has 2 rings (SSSR count). The first-order valence-corrected chi connectivity index (χ1v) is 8.88. The lowest BCUT2D eigenvalue weighted by Gasteiger charge is -2.23. The average molecular weight is 332 g/mol. The van der Waals surface area contributed by atoms with Crippen molar-refractivity contribution in [3.63, 3.8) is 0 Å². The molecule has 0 radical (unpaired) electrons. The van der Waals surface area contributed by atoms with E-state index in [1.807, 2.05) is 54.6 Å². The highest BCUT2D eigenvalue weighted by molar-refractivity contribution is 7.85. The van der Waals surface area contributed by atoms with Gasteiger partial charge in [-0.2, -0.15) is 8.42 Å². The molecule has 2 aromatic carbocycles. The monoisotopic (exact) mass is 332 g/mol. The van der Waals surface area contributed by atoms with Crippen LogP contribution in [0.5, 0.6) is 0 Å². The van der Waals surface area contributed by atoms with Gasteiger partial charge in [0.2, 0.25) is 0 Å². The van der Waals surface area contributed by atoms with Gasteiger partial charge in [0.05, 0.1) is 6.10 Å². The molecule has 2 unspecified atom stereocenters. The van der Waals surface area contributed by atoms with Gasteiger partial charge in [-0.1, -0.05) is 67.3 Å². The molecule has 122 valence electrons. The molecule has 4 nitrogen and oxygen atoms in total. The Morgan fingerprint density at radius 3 is 2.17 bits per heavy atom. The van der Waals surface area contributed by atoms with Crippen LogP contribution in [0.1, 0.15) is 29.7 Å². The van der Waals surface area contributed by atoms with Crippen molar-refractivity contribution in [3.8, 4) is 0 Å². The Hall–Kier alpha value is -1.95. The summed E-state index contributed by atoms with van der Waals surface area (Å²) in [5, 5.41) is 0. The van der Waals surface area contributed by atoms with E-state index in [1.54, 1.807) is 13.0 Å². The zero-order valence-corrected chi connectivity index (χ0v) is 13.7. The zero-order valence-electron chi connectivity index (χ0n) is 12.9. The van der Waals surface area contributed by atoms with E-state index in [0.29, 0.717) is 0 Å². The van der Waals surface area contributed by atoms with Crippen LogP contribution in [-0.2, 0) is 14.9 Å². The second-order valence-corrected chi connectivity index (χ2v) is 6.85. The molecule has 2 atom stereocenters. The maximum Gasteiger partial charge on any atom is 0.267 e. The van der Waals surface area contributed by atoms with Crippen molar-refractivity contribution in [3.05, 3.63) is 77.9 Å². The Balaban J connectivity index is 2.30. The minimum atomic E-state index is -4.08. The summed E-state index contributed by atoms with van der Waals surface area (Å²) in [6.45, 7) is 5.35. The standard InChI is InChI=1S/C18H20O4S/c1-3-15-9-11-17(12-10-15)18(16-7-5-4-6-8-16)22-14(2)13-23(19,20)21/h3-12,14,18H,1,13H2,2H3,(H,19,20,21). The predicted octanol–water partition coefficient (Wildman–Crippen LogP) is 3.71. The highest BCUT2D eigenvalue weighted by Crippen LogP contribution is 2.28. The van der Waals surface area contributed by atoms with Crippen molar-refractivity contribution in [1.29, 1.82) is 0 Å². The van der Waals surface area contributed by atoms with Gasteiger partial charge in [0.1, 0.15) is 11.9 Å². The van der Waals surface area contributed by atoms with Crippen molar-refractivity contribution in [2.24, 2.45) is 0 Å². The normalized spacial score (nSPS) is 14.2. The SMILES string of the molecule is C=Cc1ccc(C(OC(C)CS(=O)(=O)O)c2ccccc2)cc1. The van der Waals surface area contributed by atoms with Gasteiger partial charge in [0.15, 0.2) is 0 Å². The highest BCUT2D eigenvalue weighted by atomic mass is 32.2. The molecule has 0 bridgehead atoms. The number of ether oxygens (including phenoxy) is 1. The van der Waals surface area contributed by atoms with E-state index in [9.17, 15) is 8.42 Å². The van der Waals surface area contributed by atoms with Crippen LogP contribution in [0.4, 0.5) is 0 Å². The largest absolute Gasteiger partial charge is 0.365 e. The topological polar surface area (TPSA) is 63.6 Å². The third kappa shape index (κ3) is 5.32. The molecule has 5 heteroatoms. The summed E-state index contributed by atoms with van der Waals surface area (Å²) in [7, 11) is -4.08. The van der Waals surface area contributed by atoms with Crippen molar-refractivity contribution in [2.45, 2.75) is 19.1 Å². The number of benzene rings is 2. The first-order valence-electron chi connectivity index (χ1n) is 7.27. The van der Waals surface area contributed by atoms with E-state index in [4.69, 9.17) is 9.29 Å². The van der Waals surface area contributed by atoms with Gasteiger partial charge in [-0.3, -0.25) is 4.55 Å². The fourth-order valence-corrected chi connectivity index (χ4v) is 3.02. The Morgan fingerprint density at radius 1 is 1.09 bits per heavy atom. The molecule has 0 saturated heterocycles. The van der Waals surface area contributed by atoms with Gasteiger partial charge in [0.25, 0.3) is 10.1 Å². The van der Waals surface area contributed by atoms with Gasteiger partial charge in [-0.15, -0.1) is 0 Å². The molecule has 0 aliphatic heterocycles. The van der Waals surface area contributed by atoms with Gasteiger partial charge in [-0.25, -0.2) is 0 Å². The molecule has 0 aliphatic rings. The van der Waals surface area contributed by atoms with E-state index in [0.717, 1.165) is 16.7 Å². The van der Waals surface area contributed by atoms with E-state index >= 15 is 0 Å². The quantitative estimate of drug-likeness (QED) is 0.785. The van der Waals surface area contributed by atoms with E-state index in [2.05, 4.69) is 6.58 Å². The van der Waals surface area contributed by atoms with Crippen LogP contribution < -0.4 is 0 Å². The van der Waals surface area contributed by atoms with Gasteiger partial charge < -0.3 is 4.74 Å². The van der Waals surface area contributed by atoms with Crippen LogP contribution in [0, 0.1) is 0 Å². The second kappa shape index (κ2) is 7.55. The summed E-state index contributed by atoms with van der Waals surface area (Å²) in [4.78, 5) is 0. The summed E-state index contributed by atoms with van der Waals surface area (Å²) in [5.41, 5.74) is 2.82. The van der Waals surface area contributed by atoms with Crippen molar-refractivity contribution in [2.75, 3.05) is 5.75 Å². The number of hydrogen-bond donors (Lipinski definition) is 1. The summed E-state index contributed by atoms with van der Waals surface area (Å²) < 4.78 is 37.0. The molecular weight excluding hydrogens is 312 g/mol. The van der Waals surface area contributed by atoms with E-state index in [1.165, 1.54) is 0 Å². The minimum absolute atomic E-state index is 0.410. The number of hydrogen-bond acceptors (Lipinski definition) is 3. The van der Waals surface area contributed by atoms with E-state index < -0.39 is 28.1 Å². The first-order chi connectivity index (χ1) is 10.9. The van der Waals surface area contributed by atoms with Crippen molar-refractivity contribution >= 4 is 16.2 Å². The van der Waals surface area contributed by atoms with Crippen LogP contribution in [0.3, 0.4) is 0 Å². The Kier molecular flexibility index (Phi) is 5.71. The second-order valence-electron chi connectivity index (χ2n) is 5.36. The fraction of sp³-hybridized carbons (Fsp3) is 0.222. The van der Waals surface area contributed by atoms with Crippen LogP contribution in [0.2, 0.25) is 0 Å². The molecule has 0 fully saturated rings. The van der Waals surface area contributed by atoms with Crippen LogP contribution >= 0.6 is 0 Å². The Labute approximate surface area is 137 Å². The minimum Gasteiger partial charge on any atom is -0.365 e. The molecular formula is C18H20O4S. The molecule has 0 spiro atoms. The molecule has 0 amide bonds.